The van der Waals surface area contributed by atoms with Crippen LogP contribution in [0.5, 0.6) is 0 Å². The van der Waals surface area contributed by atoms with E-state index >= 15 is 0 Å². The standard InChI is InChI=1S/C22H25ClN2O5S/c1-15-6-11-20(19(23)13-15)24-21(26)14-30-22(27)17-7-9-18(10-8-17)31(28,29)25-12-4-3-5-16(25)2/h6-11,13,16H,3-5,12,14H2,1-2H3,(H,24,26). The second-order valence-electron chi connectivity index (χ2n) is 7.59. The highest BCUT2D eigenvalue weighted by atomic mass is 35.5. The van der Waals surface area contributed by atoms with Crippen molar-refractivity contribution < 1.29 is 22.7 Å². The first-order valence-corrected chi connectivity index (χ1v) is 11.9. The van der Waals surface area contributed by atoms with Crippen LogP contribution >= 0.6 is 11.6 Å². The van der Waals surface area contributed by atoms with Gasteiger partial charge in [0.05, 0.1) is 21.2 Å². The Morgan fingerprint density at radius 1 is 1.16 bits per heavy atom. The maximum absolute atomic E-state index is 12.9. The Balaban J connectivity index is 1.59. The van der Waals surface area contributed by atoms with Gasteiger partial charge in [-0.3, -0.25) is 4.79 Å². The van der Waals surface area contributed by atoms with E-state index in [9.17, 15) is 18.0 Å². The van der Waals surface area contributed by atoms with Crippen molar-refractivity contribution in [2.75, 3.05) is 18.5 Å². The predicted octanol–water partition coefficient (Wildman–Crippen LogP) is 4.01. The number of carbonyl (C=O) groups is 2. The van der Waals surface area contributed by atoms with Gasteiger partial charge in [-0.25, -0.2) is 13.2 Å². The Hall–Kier alpha value is -2.42. The molecule has 31 heavy (non-hydrogen) atoms. The van der Waals surface area contributed by atoms with Crippen molar-refractivity contribution in [2.45, 2.75) is 44.0 Å². The van der Waals surface area contributed by atoms with Crippen LogP contribution in [0.3, 0.4) is 0 Å². The number of sulfonamides is 1. The summed E-state index contributed by atoms with van der Waals surface area (Å²) in [5, 5.41) is 2.97. The van der Waals surface area contributed by atoms with Crippen molar-refractivity contribution in [1.29, 1.82) is 0 Å². The number of nitrogens with zero attached hydrogens (tertiary/aromatic N) is 1. The van der Waals surface area contributed by atoms with Gasteiger partial charge in [0.15, 0.2) is 6.61 Å². The predicted molar refractivity (Wildman–Crippen MR) is 119 cm³/mol. The number of amides is 1. The van der Waals surface area contributed by atoms with Crippen molar-refractivity contribution in [1.82, 2.24) is 4.31 Å². The summed E-state index contributed by atoms with van der Waals surface area (Å²) < 4.78 is 32.3. The van der Waals surface area contributed by atoms with E-state index in [4.69, 9.17) is 16.3 Å². The smallest absolute Gasteiger partial charge is 0.338 e. The highest BCUT2D eigenvalue weighted by Crippen LogP contribution is 2.25. The van der Waals surface area contributed by atoms with E-state index in [-0.39, 0.29) is 16.5 Å². The van der Waals surface area contributed by atoms with Crippen LogP contribution in [0.2, 0.25) is 5.02 Å². The number of anilines is 1. The molecule has 166 valence electrons. The summed E-state index contributed by atoms with van der Waals surface area (Å²) in [6.45, 7) is 3.78. The van der Waals surface area contributed by atoms with Gasteiger partial charge in [-0.15, -0.1) is 0 Å². The Morgan fingerprint density at radius 3 is 2.52 bits per heavy atom. The summed E-state index contributed by atoms with van der Waals surface area (Å²) in [7, 11) is -3.62. The summed E-state index contributed by atoms with van der Waals surface area (Å²) >= 11 is 6.07. The quantitative estimate of drug-likeness (QED) is 0.652. The molecule has 2 aromatic carbocycles. The van der Waals surface area contributed by atoms with Crippen LogP contribution in [0, 0.1) is 6.92 Å². The molecule has 0 spiro atoms. The molecule has 1 unspecified atom stereocenters. The van der Waals surface area contributed by atoms with Crippen molar-refractivity contribution in [2.24, 2.45) is 0 Å². The normalized spacial score (nSPS) is 17.2. The molecule has 0 bridgehead atoms. The third-order valence-electron chi connectivity index (χ3n) is 5.17. The number of halogens is 1. The maximum atomic E-state index is 12.9. The number of hydrogen-bond acceptors (Lipinski definition) is 5. The molecule has 2 aromatic rings. The van der Waals surface area contributed by atoms with Crippen LogP contribution in [-0.4, -0.2) is 43.8 Å². The maximum Gasteiger partial charge on any atom is 0.338 e. The lowest BCUT2D eigenvalue weighted by Crippen LogP contribution is -2.41. The van der Waals surface area contributed by atoms with E-state index in [0.717, 1.165) is 24.8 Å². The van der Waals surface area contributed by atoms with Gasteiger partial charge in [0.2, 0.25) is 10.0 Å². The van der Waals surface area contributed by atoms with E-state index in [1.54, 1.807) is 18.2 Å². The Kier molecular flexibility index (Phi) is 7.35. The van der Waals surface area contributed by atoms with Crippen LogP contribution < -0.4 is 5.32 Å². The van der Waals surface area contributed by atoms with Crippen LogP contribution in [0.15, 0.2) is 47.4 Å². The lowest BCUT2D eigenvalue weighted by Gasteiger charge is -2.32. The van der Waals surface area contributed by atoms with E-state index in [0.29, 0.717) is 17.3 Å². The average Bonchev–Trinajstić information content (AvgIpc) is 2.74. The Bertz CT molecular complexity index is 1070. The first-order chi connectivity index (χ1) is 14.7. The molecule has 0 radical (unpaired) electrons. The molecule has 1 amide bonds. The Labute approximate surface area is 187 Å². The number of carbonyl (C=O) groups excluding carboxylic acids is 2. The number of benzene rings is 2. The molecule has 0 aromatic heterocycles. The zero-order valence-electron chi connectivity index (χ0n) is 17.4. The zero-order valence-corrected chi connectivity index (χ0v) is 19.0. The zero-order chi connectivity index (χ0) is 22.6. The number of rotatable bonds is 6. The minimum atomic E-state index is -3.62. The minimum absolute atomic E-state index is 0.0519. The molecule has 1 N–H and O–H groups in total. The van der Waals surface area contributed by atoms with Crippen molar-refractivity contribution in [3.63, 3.8) is 0 Å². The monoisotopic (exact) mass is 464 g/mol. The first kappa shape index (κ1) is 23.2. The largest absolute Gasteiger partial charge is 0.452 e. The molecule has 9 heteroatoms. The van der Waals surface area contributed by atoms with Crippen molar-refractivity contribution in [3.8, 4) is 0 Å². The first-order valence-electron chi connectivity index (χ1n) is 10.0. The number of esters is 1. The second kappa shape index (κ2) is 9.80. The van der Waals surface area contributed by atoms with Gasteiger partial charge in [-0.05, 0) is 68.7 Å². The van der Waals surface area contributed by atoms with Gasteiger partial charge in [0.1, 0.15) is 0 Å². The lowest BCUT2D eigenvalue weighted by atomic mass is 10.1. The lowest BCUT2D eigenvalue weighted by molar-refractivity contribution is -0.119. The van der Waals surface area contributed by atoms with E-state index in [2.05, 4.69) is 5.32 Å². The molecule has 1 aliphatic heterocycles. The number of hydrogen-bond donors (Lipinski definition) is 1. The third-order valence-corrected chi connectivity index (χ3v) is 7.51. The summed E-state index contributed by atoms with van der Waals surface area (Å²) in [4.78, 5) is 24.4. The van der Waals surface area contributed by atoms with Gasteiger partial charge in [-0.2, -0.15) is 4.31 Å². The average molecular weight is 465 g/mol. The third kappa shape index (κ3) is 5.64. The number of piperidine rings is 1. The van der Waals surface area contributed by atoms with Gasteiger partial charge in [0, 0.05) is 12.6 Å². The van der Waals surface area contributed by atoms with Gasteiger partial charge in [0.25, 0.3) is 5.91 Å². The fourth-order valence-corrected chi connectivity index (χ4v) is 5.43. The van der Waals surface area contributed by atoms with E-state index in [1.807, 2.05) is 13.8 Å². The summed E-state index contributed by atoms with van der Waals surface area (Å²) in [5.74, 6) is -1.25. The Morgan fingerprint density at radius 2 is 1.87 bits per heavy atom. The molecule has 1 aliphatic rings. The number of ether oxygens (including phenoxy) is 1. The van der Waals surface area contributed by atoms with Crippen LogP contribution in [0.1, 0.15) is 42.1 Å². The number of aryl methyl sites for hydroxylation is 1. The summed E-state index contributed by atoms with van der Waals surface area (Å²) in [6, 6.07) is 10.7. The minimum Gasteiger partial charge on any atom is -0.452 e. The van der Waals surface area contributed by atoms with E-state index < -0.39 is 28.5 Å². The van der Waals surface area contributed by atoms with Crippen LogP contribution in [0.4, 0.5) is 5.69 Å². The molecule has 0 saturated carbocycles. The highest BCUT2D eigenvalue weighted by molar-refractivity contribution is 7.89. The molecule has 0 aliphatic carbocycles. The molecular weight excluding hydrogens is 440 g/mol. The van der Waals surface area contributed by atoms with Gasteiger partial charge >= 0.3 is 5.97 Å². The molecule has 1 atom stereocenters. The molecule has 1 heterocycles. The topological polar surface area (TPSA) is 92.8 Å². The molecule has 3 rings (SSSR count). The molecule has 1 fully saturated rings. The van der Waals surface area contributed by atoms with E-state index in [1.165, 1.54) is 28.6 Å². The van der Waals surface area contributed by atoms with Gasteiger partial charge < -0.3 is 10.1 Å². The van der Waals surface area contributed by atoms with Gasteiger partial charge in [-0.1, -0.05) is 24.1 Å². The van der Waals surface area contributed by atoms with Crippen LogP contribution in [0.25, 0.3) is 0 Å². The summed E-state index contributed by atoms with van der Waals surface area (Å²) in [6.07, 6.45) is 2.69. The number of nitrogens with one attached hydrogen (secondary N) is 1. The molecular formula is C22H25ClN2O5S. The fourth-order valence-electron chi connectivity index (χ4n) is 3.45. The highest BCUT2D eigenvalue weighted by Gasteiger charge is 2.31. The SMILES string of the molecule is Cc1ccc(NC(=O)COC(=O)c2ccc(S(=O)(=O)N3CCCCC3C)cc2)c(Cl)c1. The fraction of sp³-hybridized carbons (Fsp3) is 0.364. The van der Waals surface area contributed by atoms with Crippen molar-refractivity contribution >= 4 is 39.2 Å². The van der Waals surface area contributed by atoms with Crippen LogP contribution in [-0.2, 0) is 19.6 Å². The molecule has 7 nitrogen and oxygen atoms in total. The van der Waals surface area contributed by atoms with Crippen molar-refractivity contribution in [3.05, 3.63) is 58.6 Å². The molecule has 1 saturated heterocycles. The second-order valence-corrected chi connectivity index (χ2v) is 9.89. The summed E-state index contributed by atoms with van der Waals surface area (Å²) in [5.41, 5.74) is 1.54.